The van der Waals surface area contributed by atoms with E-state index in [0.717, 1.165) is 25.9 Å². The maximum atomic E-state index is 12.7. The Morgan fingerprint density at radius 3 is 2.42 bits per heavy atom. The van der Waals surface area contributed by atoms with E-state index in [-0.39, 0.29) is 16.8 Å². The van der Waals surface area contributed by atoms with Gasteiger partial charge in [0.15, 0.2) is 0 Å². The number of carbonyl (C=O) groups is 1. The molecule has 0 aliphatic carbocycles. The number of sulfonamides is 1. The van der Waals surface area contributed by atoms with Crippen LogP contribution in [0.15, 0.2) is 29.2 Å². The molecule has 1 aromatic rings. The van der Waals surface area contributed by atoms with Crippen molar-refractivity contribution < 1.29 is 13.2 Å². The molecule has 134 valence electrons. The van der Waals surface area contributed by atoms with E-state index >= 15 is 0 Å². The molecule has 1 amide bonds. The summed E-state index contributed by atoms with van der Waals surface area (Å²) >= 11 is 0. The molecule has 1 N–H and O–H groups in total. The van der Waals surface area contributed by atoms with E-state index in [0.29, 0.717) is 18.7 Å². The van der Waals surface area contributed by atoms with Gasteiger partial charge in [0.1, 0.15) is 0 Å². The molecule has 6 nitrogen and oxygen atoms in total. The summed E-state index contributed by atoms with van der Waals surface area (Å²) in [5.41, 5.74) is 0.421. The Labute approximate surface area is 144 Å². The first-order valence-electron chi connectivity index (χ1n) is 8.49. The number of piperidine rings is 1. The van der Waals surface area contributed by atoms with Crippen molar-refractivity contribution in [2.45, 2.75) is 37.6 Å². The molecule has 1 heterocycles. The molecule has 24 heavy (non-hydrogen) atoms. The second-order valence-corrected chi connectivity index (χ2v) is 7.95. The average Bonchev–Trinajstić information content (AvgIpc) is 2.62. The number of nitrogens with one attached hydrogen (secondary N) is 1. The normalized spacial score (nSPS) is 16.3. The highest BCUT2D eigenvalue weighted by Crippen LogP contribution is 2.19. The molecule has 0 bridgehead atoms. The smallest absolute Gasteiger partial charge is 0.253 e. The summed E-state index contributed by atoms with van der Waals surface area (Å²) in [6, 6.07) is 6.56. The molecule has 2 rings (SSSR count). The third kappa shape index (κ3) is 3.96. The Balaban J connectivity index is 2.24. The Morgan fingerprint density at radius 1 is 1.21 bits per heavy atom. The minimum absolute atomic E-state index is 0.126. The number of hydrogen-bond donors (Lipinski definition) is 1. The molecular weight excluding hydrogens is 326 g/mol. The molecule has 0 saturated carbocycles. The zero-order chi connectivity index (χ0) is 17.7. The van der Waals surface area contributed by atoms with Gasteiger partial charge in [0, 0.05) is 31.7 Å². The molecule has 1 aliphatic rings. The van der Waals surface area contributed by atoms with Crippen LogP contribution < -0.4 is 5.32 Å². The number of hydrogen-bond acceptors (Lipinski definition) is 4. The lowest BCUT2D eigenvalue weighted by Gasteiger charge is -2.31. The summed E-state index contributed by atoms with van der Waals surface area (Å²) < 4.78 is 26.7. The van der Waals surface area contributed by atoms with Crippen LogP contribution in [0, 0.1) is 0 Å². The van der Waals surface area contributed by atoms with Crippen LogP contribution in [0.4, 0.5) is 0 Å². The fourth-order valence-corrected chi connectivity index (χ4v) is 4.57. The van der Waals surface area contributed by atoms with E-state index < -0.39 is 10.0 Å². The van der Waals surface area contributed by atoms with E-state index in [4.69, 9.17) is 0 Å². The topological polar surface area (TPSA) is 69.7 Å². The van der Waals surface area contributed by atoms with E-state index in [9.17, 15) is 13.2 Å². The molecule has 1 aliphatic heterocycles. The number of benzene rings is 1. The van der Waals surface area contributed by atoms with Crippen molar-refractivity contribution in [2.24, 2.45) is 0 Å². The third-order valence-electron chi connectivity index (χ3n) is 4.60. The minimum atomic E-state index is -3.56. The third-order valence-corrected chi connectivity index (χ3v) is 6.65. The van der Waals surface area contributed by atoms with Crippen molar-refractivity contribution in [1.29, 1.82) is 0 Å². The predicted octanol–water partition coefficient (Wildman–Crippen LogP) is 1.54. The average molecular weight is 353 g/mol. The summed E-state index contributed by atoms with van der Waals surface area (Å²) in [5.74, 6) is -0.126. The number of rotatable bonds is 6. The first-order valence-corrected chi connectivity index (χ1v) is 9.93. The largest absolute Gasteiger partial charge is 0.339 e. The molecule has 0 radical (unpaired) electrons. The van der Waals surface area contributed by atoms with Crippen LogP contribution in [0.3, 0.4) is 0 Å². The molecule has 0 unspecified atom stereocenters. The molecule has 1 aromatic carbocycles. The summed E-state index contributed by atoms with van der Waals surface area (Å²) in [7, 11) is -1.76. The molecule has 1 fully saturated rings. The van der Waals surface area contributed by atoms with Gasteiger partial charge in [-0.1, -0.05) is 19.9 Å². The van der Waals surface area contributed by atoms with Gasteiger partial charge in [-0.2, -0.15) is 4.31 Å². The molecule has 0 atom stereocenters. The van der Waals surface area contributed by atoms with Crippen molar-refractivity contribution >= 4 is 15.9 Å². The molecule has 0 aromatic heterocycles. The highest BCUT2D eigenvalue weighted by molar-refractivity contribution is 7.89. The van der Waals surface area contributed by atoms with Crippen molar-refractivity contribution in [3.63, 3.8) is 0 Å². The molecular formula is C17H27N3O3S. The Bertz CT molecular complexity index is 665. The monoisotopic (exact) mass is 353 g/mol. The van der Waals surface area contributed by atoms with Gasteiger partial charge in [-0.25, -0.2) is 8.42 Å². The van der Waals surface area contributed by atoms with Crippen molar-refractivity contribution in [3.8, 4) is 0 Å². The van der Waals surface area contributed by atoms with Gasteiger partial charge in [0.05, 0.1) is 4.90 Å². The minimum Gasteiger partial charge on any atom is -0.339 e. The van der Waals surface area contributed by atoms with Crippen LogP contribution in [0.25, 0.3) is 0 Å². The Morgan fingerprint density at radius 2 is 1.83 bits per heavy atom. The first-order chi connectivity index (χ1) is 11.4. The number of carbonyl (C=O) groups excluding carboxylic acids is 1. The van der Waals surface area contributed by atoms with Gasteiger partial charge in [0.2, 0.25) is 10.0 Å². The summed E-state index contributed by atoms with van der Waals surface area (Å²) in [6.07, 6.45) is 1.83. The molecule has 1 saturated heterocycles. The fourth-order valence-electron chi connectivity index (χ4n) is 3.07. The standard InChI is InChI=1S/C17H27N3O3S/c1-4-20(5-2)24(22,23)16-8-6-7-14(13-16)17(21)19(3)15-9-11-18-12-10-15/h6-8,13,15,18H,4-5,9-12H2,1-3H3. The zero-order valence-electron chi connectivity index (χ0n) is 14.7. The summed E-state index contributed by atoms with van der Waals surface area (Å²) in [6.45, 7) is 6.23. The van der Waals surface area contributed by atoms with Crippen LogP contribution in [0.1, 0.15) is 37.0 Å². The van der Waals surface area contributed by atoms with Gasteiger partial charge in [-0.3, -0.25) is 4.79 Å². The highest BCUT2D eigenvalue weighted by atomic mass is 32.2. The maximum Gasteiger partial charge on any atom is 0.253 e. The van der Waals surface area contributed by atoms with E-state index in [1.165, 1.54) is 10.4 Å². The van der Waals surface area contributed by atoms with Gasteiger partial charge < -0.3 is 10.2 Å². The van der Waals surface area contributed by atoms with Crippen LogP contribution >= 0.6 is 0 Å². The summed E-state index contributed by atoms with van der Waals surface area (Å²) in [4.78, 5) is 14.6. The second kappa shape index (κ2) is 8.09. The zero-order valence-corrected chi connectivity index (χ0v) is 15.5. The van der Waals surface area contributed by atoms with Gasteiger partial charge in [0.25, 0.3) is 5.91 Å². The maximum absolute atomic E-state index is 12.7. The fraction of sp³-hybridized carbons (Fsp3) is 0.588. The lowest BCUT2D eigenvalue weighted by molar-refractivity contribution is 0.0703. The SMILES string of the molecule is CCN(CC)S(=O)(=O)c1cccc(C(=O)N(C)C2CCNCC2)c1. The Kier molecular flexibility index (Phi) is 6.37. The lowest BCUT2D eigenvalue weighted by Crippen LogP contribution is -2.44. The first kappa shape index (κ1) is 18.9. The number of amides is 1. The van der Waals surface area contributed by atoms with Gasteiger partial charge in [-0.15, -0.1) is 0 Å². The lowest BCUT2D eigenvalue weighted by atomic mass is 10.0. The van der Waals surface area contributed by atoms with E-state index in [1.54, 1.807) is 44.0 Å². The van der Waals surface area contributed by atoms with Crippen molar-refractivity contribution in [3.05, 3.63) is 29.8 Å². The van der Waals surface area contributed by atoms with Crippen LogP contribution in [-0.4, -0.2) is 62.8 Å². The van der Waals surface area contributed by atoms with Crippen LogP contribution in [0.5, 0.6) is 0 Å². The highest BCUT2D eigenvalue weighted by Gasteiger charge is 2.26. The predicted molar refractivity (Wildman–Crippen MR) is 94.5 cm³/mol. The Hall–Kier alpha value is -1.44. The van der Waals surface area contributed by atoms with Gasteiger partial charge >= 0.3 is 0 Å². The van der Waals surface area contributed by atoms with Gasteiger partial charge in [-0.05, 0) is 44.1 Å². The van der Waals surface area contributed by atoms with Crippen molar-refractivity contribution in [1.82, 2.24) is 14.5 Å². The quantitative estimate of drug-likeness (QED) is 0.842. The molecule has 0 spiro atoms. The van der Waals surface area contributed by atoms with E-state index in [1.807, 2.05) is 0 Å². The van der Waals surface area contributed by atoms with Crippen molar-refractivity contribution in [2.75, 3.05) is 33.2 Å². The van der Waals surface area contributed by atoms with E-state index in [2.05, 4.69) is 5.32 Å². The van der Waals surface area contributed by atoms with Crippen LogP contribution in [0.2, 0.25) is 0 Å². The van der Waals surface area contributed by atoms with Crippen LogP contribution in [-0.2, 0) is 10.0 Å². The second-order valence-electron chi connectivity index (χ2n) is 6.01. The summed E-state index contributed by atoms with van der Waals surface area (Å²) in [5, 5.41) is 3.28. The number of nitrogens with zero attached hydrogens (tertiary/aromatic N) is 2. The molecule has 7 heteroatoms.